The Morgan fingerprint density at radius 1 is 1.29 bits per heavy atom. The van der Waals surface area contributed by atoms with Crippen molar-refractivity contribution in [2.75, 3.05) is 14.2 Å². The summed E-state index contributed by atoms with van der Waals surface area (Å²) < 4.78 is 5.43. The molecule has 2 rings (SSSR count). The van der Waals surface area contributed by atoms with Gasteiger partial charge >= 0.3 is 0 Å². The summed E-state index contributed by atoms with van der Waals surface area (Å²) in [5, 5.41) is 10.4. The first-order valence-corrected chi connectivity index (χ1v) is 8.03. The fraction of sp³-hybridized carbons (Fsp3) is 0.667. The van der Waals surface area contributed by atoms with Crippen LogP contribution in [0.25, 0.3) is 0 Å². The lowest BCUT2D eigenvalue weighted by atomic mass is 9.77. The van der Waals surface area contributed by atoms with Gasteiger partial charge in [0.05, 0.1) is 13.2 Å². The van der Waals surface area contributed by atoms with Gasteiger partial charge in [0, 0.05) is 18.2 Å². The van der Waals surface area contributed by atoms with Gasteiger partial charge in [-0.3, -0.25) is 4.90 Å². The molecular formula is C18H29NO2. The molecule has 3 atom stereocenters. The van der Waals surface area contributed by atoms with Crippen molar-refractivity contribution >= 4 is 0 Å². The summed E-state index contributed by atoms with van der Waals surface area (Å²) in [6.07, 6.45) is 2.95. The summed E-state index contributed by atoms with van der Waals surface area (Å²) in [6.45, 7) is 5.40. The third-order valence-electron chi connectivity index (χ3n) is 4.94. The Bertz CT molecular complexity index is 447. The van der Waals surface area contributed by atoms with Gasteiger partial charge in [0.25, 0.3) is 0 Å². The second-order valence-corrected chi connectivity index (χ2v) is 6.68. The van der Waals surface area contributed by atoms with Gasteiger partial charge in [-0.1, -0.05) is 32.0 Å². The number of aliphatic hydroxyl groups excluding tert-OH is 1. The first-order chi connectivity index (χ1) is 10.0. The summed E-state index contributed by atoms with van der Waals surface area (Å²) >= 11 is 0. The van der Waals surface area contributed by atoms with E-state index in [2.05, 4.69) is 31.9 Å². The van der Waals surface area contributed by atoms with Crippen LogP contribution in [-0.2, 0) is 6.54 Å². The number of benzene rings is 1. The highest BCUT2D eigenvalue weighted by molar-refractivity contribution is 5.33. The lowest BCUT2D eigenvalue weighted by Gasteiger charge is -2.40. The van der Waals surface area contributed by atoms with Gasteiger partial charge in [-0.25, -0.2) is 0 Å². The summed E-state index contributed by atoms with van der Waals surface area (Å²) in [7, 11) is 3.83. The zero-order valence-corrected chi connectivity index (χ0v) is 13.7. The number of para-hydroxylation sites is 1. The fourth-order valence-electron chi connectivity index (χ4n) is 3.46. The van der Waals surface area contributed by atoms with Crippen LogP contribution in [0.15, 0.2) is 24.3 Å². The molecular weight excluding hydrogens is 262 g/mol. The van der Waals surface area contributed by atoms with E-state index in [9.17, 15) is 5.11 Å². The van der Waals surface area contributed by atoms with Gasteiger partial charge in [0.1, 0.15) is 5.75 Å². The van der Waals surface area contributed by atoms with Crippen LogP contribution in [0.4, 0.5) is 0 Å². The monoisotopic (exact) mass is 291 g/mol. The SMILES string of the molecule is COc1ccccc1CN(C)C1CC(C(C)C)CCC1O. The summed E-state index contributed by atoms with van der Waals surface area (Å²) in [6, 6.07) is 8.38. The molecule has 1 fully saturated rings. The highest BCUT2D eigenvalue weighted by Crippen LogP contribution is 2.33. The van der Waals surface area contributed by atoms with Crippen molar-refractivity contribution < 1.29 is 9.84 Å². The largest absolute Gasteiger partial charge is 0.496 e. The van der Waals surface area contributed by atoms with E-state index in [0.717, 1.165) is 37.5 Å². The van der Waals surface area contributed by atoms with E-state index in [1.165, 1.54) is 5.56 Å². The Hall–Kier alpha value is -1.06. The van der Waals surface area contributed by atoms with Gasteiger partial charge in [0.2, 0.25) is 0 Å². The topological polar surface area (TPSA) is 32.7 Å². The average molecular weight is 291 g/mol. The number of ether oxygens (including phenoxy) is 1. The Morgan fingerprint density at radius 2 is 2.00 bits per heavy atom. The highest BCUT2D eigenvalue weighted by atomic mass is 16.5. The van der Waals surface area contributed by atoms with Crippen molar-refractivity contribution in [1.29, 1.82) is 0 Å². The van der Waals surface area contributed by atoms with Crippen LogP contribution < -0.4 is 4.74 Å². The van der Waals surface area contributed by atoms with E-state index >= 15 is 0 Å². The van der Waals surface area contributed by atoms with Crippen molar-refractivity contribution in [1.82, 2.24) is 4.90 Å². The maximum atomic E-state index is 10.4. The molecule has 0 aromatic heterocycles. The van der Waals surface area contributed by atoms with Crippen LogP contribution in [0, 0.1) is 11.8 Å². The van der Waals surface area contributed by atoms with Crippen molar-refractivity contribution in [3.63, 3.8) is 0 Å². The second kappa shape index (κ2) is 7.28. The third-order valence-corrected chi connectivity index (χ3v) is 4.94. The number of rotatable bonds is 5. The Balaban J connectivity index is 2.05. The molecule has 1 aromatic rings. The van der Waals surface area contributed by atoms with Crippen molar-refractivity contribution in [2.24, 2.45) is 11.8 Å². The Labute approximate surface area is 128 Å². The predicted octanol–water partition coefficient (Wildman–Crippen LogP) is 3.31. The summed E-state index contributed by atoms with van der Waals surface area (Å²) in [5.74, 6) is 2.34. The zero-order chi connectivity index (χ0) is 15.4. The quantitative estimate of drug-likeness (QED) is 0.903. The number of aliphatic hydroxyl groups is 1. The lowest BCUT2D eigenvalue weighted by Crippen LogP contribution is -2.46. The molecule has 0 spiro atoms. The maximum Gasteiger partial charge on any atom is 0.123 e. The van der Waals surface area contributed by atoms with Gasteiger partial charge < -0.3 is 9.84 Å². The van der Waals surface area contributed by atoms with Crippen LogP contribution in [0.2, 0.25) is 0 Å². The lowest BCUT2D eigenvalue weighted by molar-refractivity contribution is 0.00293. The molecule has 3 nitrogen and oxygen atoms in total. The molecule has 1 N–H and O–H groups in total. The van der Waals surface area contributed by atoms with E-state index in [-0.39, 0.29) is 12.1 Å². The van der Waals surface area contributed by atoms with Crippen molar-refractivity contribution in [2.45, 2.75) is 51.8 Å². The van der Waals surface area contributed by atoms with Crippen molar-refractivity contribution in [3.05, 3.63) is 29.8 Å². The van der Waals surface area contributed by atoms with Gasteiger partial charge in [-0.15, -0.1) is 0 Å². The van der Waals surface area contributed by atoms with E-state index in [1.54, 1.807) is 7.11 Å². The zero-order valence-electron chi connectivity index (χ0n) is 13.7. The molecule has 0 saturated heterocycles. The maximum absolute atomic E-state index is 10.4. The molecule has 0 heterocycles. The standard InChI is InChI=1S/C18H29NO2/c1-13(2)14-9-10-17(20)16(11-14)19(3)12-15-7-5-6-8-18(15)21-4/h5-8,13-14,16-17,20H,9-12H2,1-4H3. The van der Waals surface area contributed by atoms with Crippen LogP contribution in [-0.4, -0.2) is 36.3 Å². The number of likely N-dealkylation sites (N-methyl/N-ethyl adjacent to an activating group) is 1. The predicted molar refractivity (Wildman–Crippen MR) is 86.4 cm³/mol. The number of methoxy groups -OCH3 is 1. The number of hydrogen-bond donors (Lipinski definition) is 1. The third kappa shape index (κ3) is 3.98. The molecule has 3 heteroatoms. The van der Waals surface area contributed by atoms with Crippen LogP contribution in [0.5, 0.6) is 5.75 Å². The number of nitrogens with zero attached hydrogens (tertiary/aromatic N) is 1. The normalized spacial score (nSPS) is 26.3. The molecule has 0 radical (unpaired) electrons. The van der Waals surface area contributed by atoms with E-state index in [0.29, 0.717) is 5.92 Å². The molecule has 3 unspecified atom stereocenters. The second-order valence-electron chi connectivity index (χ2n) is 6.68. The minimum absolute atomic E-state index is 0.209. The summed E-state index contributed by atoms with van der Waals surface area (Å²) in [5.41, 5.74) is 1.18. The molecule has 1 aromatic carbocycles. The summed E-state index contributed by atoms with van der Waals surface area (Å²) in [4.78, 5) is 2.29. The first-order valence-electron chi connectivity index (χ1n) is 8.03. The van der Waals surface area contributed by atoms with Crippen molar-refractivity contribution in [3.8, 4) is 5.75 Å². The molecule has 0 aliphatic heterocycles. The average Bonchev–Trinajstić information content (AvgIpc) is 2.47. The van der Waals surface area contributed by atoms with E-state index in [4.69, 9.17) is 4.74 Å². The van der Waals surface area contributed by atoms with Crippen LogP contribution >= 0.6 is 0 Å². The molecule has 21 heavy (non-hydrogen) atoms. The minimum Gasteiger partial charge on any atom is -0.496 e. The molecule has 1 aliphatic carbocycles. The van der Waals surface area contributed by atoms with E-state index in [1.807, 2.05) is 18.2 Å². The van der Waals surface area contributed by atoms with Crippen LogP contribution in [0.3, 0.4) is 0 Å². The minimum atomic E-state index is -0.209. The molecule has 1 saturated carbocycles. The smallest absolute Gasteiger partial charge is 0.123 e. The number of hydrogen-bond acceptors (Lipinski definition) is 3. The highest BCUT2D eigenvalue weighted by Gasteiger charge is 2.33. The fourth-order valence-corrected chi connectivity index (χ4v) is 3.46. The first kappa shape index (κ1) is 16.3. The van der Waals surface area contributed by atoms with E-state index < -0.39 is 0 Å². The van der Waals surface area contributed by atoms with Gasteiger partial charge in [-0.2, -0.15) is 0 Å². The van der Waals surface area contributed by atoms with Crippen LogP contribution in [0.1, 0.15) is 38.7 Å². The molecule has 1 aliphatic rings. The molecule has 118 valence electrons. The van der Waals surface area contributed by atoms with Gasteiger partial charge in [-0.05, 0) is 44.2 Å². The Morgan fingerprint density at radius 3 is 2.67 bits per heavy atom. The Kier molecular flexibility index (Phi) is 5.65. The molecule has 0 amide bonds. The molecule has 0 bridgehead atoms. The van der Waals surface area contributed by atoms with Gasteiger partial charge in [0.15, 0.2) is 0 Å².